The predicted molar refractivity (Wildman–Crippen MR) is 23.3 cm³/mol. The maximum atomic E-state index is 11.5. The zero-order chi connectivity index (χ0) is 6.36. The van der Waals surface area contributed by atoms with Gasteiger partial charge in [0.1, 0.15) is 0 Å². The first-order chi connectivity index (χ1) is 3.52. The quantitative estimate of drug-likeness (QED) is 0.464. The minimum Gasteiger partial charge on any atom is -0.171 e. The van der Waals surface area contributed by atoms with Crippen molar-refractivity contribution in [2.75, 3.05) is 0 Å². The van der Waals surface area contributed by atoms with E-state index in [4.69, 9.17) is 0 Å². The maximum Gasteiger partial charge on any atom is 0.392 e. The minimum absolute atomic E-state index is 0.116. The van der Waals surface area contributed by atoms with Crippen LogP contribution in [0.25, 0.3) is 0 Å². The normalized spacial score (nSPS) is 37.5. The van der Waals surface area contributed by atoms with Crippen LogP contribution in [0.2, 0.25) is 0 Å². The number of alkyl halides is 3. The van der Waals surface area contributed by atoms with Crippen molar-refractivity contribution in [1.29, 1.82) is 0 Å². The van der Waals surface area contributed by atoms with E-state index >= 15 is 0 Å². The van der Waals surface area contributed by atoms with E-state index in [0.717, 1.165) is 0 Å². The van der Waals surface area contributed by atoms with Gasteiger partial charge >= 0.3 is 6.18 Å². The molecule has 0 aromatic rings. The van der Waals surface area contributed by atoms with Crippen molar-refractivity contribution in [1.82, 2.24) is 0 Å². The van der Waals surface area contributed by atoms with E-state index in [9.17, 15) is 13.2 Å². The molecule has 0 radical (unpaired) electrons. The molecule has 0 spiro atoms. The average molecular weight is 124 g/mol. The molecule has 0 aliphatic heterocycles. The molecule has 0 heterocycles. The molecule has 1 aliphatic carbocycles. The van der Waals surface area contributed by atoms with Crippen molar-refractivity contribution in [2.45, 2.75) is 19.5 Å². The Balaban J connectivity index is 2.39. The summed E-state index contributed by atoms with van der Waals surface area (Å²) in [6.07, 6.45) is -3.58. The van der Waals surface area contributed by atoms with E-state index in [-0.39, 0.29) is 5.92 Å². The topological polar surface area (TPSA) is 0 Å². The van der Waals surface area contributed by atoms with Gasteiger partial charge in [0.25, 0.3) is 0 Å². The molecule has 1 saturated carbocycles. The molecular formula is C5H7F3. The van der Waals surface area contributed by atoms with E-state index < -0.39 is 12.1 Å². The second-order valence-corrected chi connectivity index (χ2v) is 2.36. The molecule has 1 rings (SSSR count). The molecule has 0 aromatic carbocycles. The molecule has 0 saturated heterocycles. The van der Waals surface area contributed by atoms with E-state index in [1.54, 1.807) is 6.92 Å². The van der Waals surface area contributed by atoms with E-state index in [0.29, 0.717) is 6.42 Å². The summed E-state index contributed by atoms with van der Waals surface area (Å²) < 4.78 is 34.5. The van der Waals surface area contributed by atoms with Crippen LogP contribution in [0, 0.1) is 11.8 Å². The highest BCUT2D eigenvalue weighted by molar-refractivity contribution is 4.87. The van der Waals surface area contributed by atoms with E-state index in [1.807, 2.05) is 0 Å². The van der Waals surface area contributed by atoms with Crippen LogP contribution in [0.3, 0.4) is 0 Å². The van der Waals surface area contributed by atoms with Gasteiger partial charge in [-0.3, -0.25) is 0 Å². The Morgan fingerprint density at radius 3 is 1.75 bits per heavy atom. The molecule has 0 aromatic heterocycles. The van der Waals surface area contributed by atoms with Gasteiger partial charge < -0.3 is 0 Å². The largest absolute Gasteiger partial charge is 0.392 e. The number of halogens is 3. The summed E-state index contributed by atoms with van der Waals surface area (Å²) in [5.41, 5.74) is 0. The molecule has 1 fully saturated rings. The van der Waals surface area contributed by atoms with Crippen LogP contribution in [0.4, 0.5) is 13.2 Å². The van der Waals surface area contributed by atoms with Crippen LogP contribution in [0.15, 0.2) is 0 Å². The third kappa shape index (κ3) is 0.956. The Bertz CT molecular complexity index is 94.3. The Morgan fingerprint density at radius 1 is 1.38 bits per heavy atom. The lowest BCUT2D eigenvalue weighted by molar-refractivity contribution is -0.150. The smallest absolute Gasteiger partial charge is 0.171 e. The second kappa shape index (κ2) is 1.39. The summed E-state index contributed by atoms with van der Waals surface area (Å²) in [7, 11) is 0. The minimum atomic E-state index is -3.92. The third-order valence-electron chi connectivity index (χ3n) is 1.53. The van der Waals surface area contributed by atoms with Crippen LogP contribution in [0.1, 0.15) is 13.3 Å². The van der Waals surface area contributed by atoms with Gasteiger partial charge in [0.05, 0.1) is 5.92 Å². The monoisotopic (exact) mass is 124 g/mol. The van der Waals surface area contributed by atoms with E-state index in [1.165, 1.54) is 0 Å². The fourth-order valence-corrected chi connectivity index (χ4v) is 0.778. The SMILES string of the molecule is C[C@H]1C[C@H]1C(F)(F)F. The molecule has 48 valence electrons. The summed E-state index contributed by atoms with van der Waals surface area (Å²) in [5.74, 6) is -1.10. The van der Waals surface area contributed by atoms with Crippen LogP contribution in [0.5, 0.6) is 0 Å². The molecule has 0 unspecified atom stereocenters. The van der Waals surface area contributed by atoms with E-state index in [2.05, 4.69) is 0 Å². The van der Waals surface area contributed by atoms with Crippen LogP contribution >= 0.6 is 0 Å². The first kappa shape index (κ1) is 5.92. The summed E-state index contributed by atoms with van der Waals surface area (Å²) >= 11 is 0. The fraction of sp³-hybridized carbons (Fsp3) is 1.00. The maximum absolute atomic E-state index is 11.5. The summed E-state index contributed by atoms with van der Waals surface area (Å²) in [6, 6.07) is 0. The van der Waals surface area contributed by atoms with Crippen molar-refractivity contribution in [2.24, 2.45) is 11.8 Å². The molecule has 1 aliphatic rings. The number of hydrogen-bond donors (Lipinski definition) is 0. The van der Waals surface area contributed by atoms with Crippen molar-refractivity contribution in [3.8, 4) is 0 Å². The van der Waals surface area contributed by atoms with Crippen molar-refractivity contribution in [3.63, 3.8) is 0 Å². The Morgan fingerprint density at radius 2 is 1.75 bits per heavy atom. The number of rotatable bonds is 0. The average Bonchev–Trinajstić information content (AvgIpc) is 2.13. The summed E-state index contributed by atoms with van der Waals surface area (Å²) in [5, 5.41) is 0. The molecule has 2 atom stereocenters. The second-order valence-electron chi connectivity index (χ2n) is 2.36. The fourth-order valence-electron chi connectivity index (χ4n) is 0.778. The van der Waals surface area contributed by atoms with Crippen molar-refractivity contribution < 1.29 is 13.2 Å². The highest BCUT2D eigenvalue weighted by atomic mass is 19.4. The Kier molecular flexibility index (Phi) is 1.03. The highest BCUT2D eigenvalue weighted by Crippen LogP contribution is 2.49. The number of hydrogen-bond acceptors (Lipinski definition) is 0. The summed E-state index contributed by atoms with van der Waals surface area (Å²) in [6.45, 7) is 1.62. The first-order valence-electron chi connectivity index (χ1n) is 2.58. The van der Waals surface area contributed by atoms with Gasteiger partial charge in [0.15, 0.2) is 0 Å². The lowest BCUT2D eigenvalue weighted by Crippen LogP contribution is -2.10. The van der Waals surface area contributed by atoms with Gasteiger partial charge in [-0.05, 0) is 12.3 Å². The molecule has 0 bridgehead atoms. The predicted octanol–water partition coefficient (Wildman–Crippen LogP) is 2.20. The summed E-state index contributed by atoms with van der Waals surface area (Å²) in [4.78, 5) is 0. The lowest BCUT2D eigenvalue weighted by atomic mass is 10.3. The first-order valence-corrected chi connectivity index (χ1v) is 2.58. The Labute approximate surface area is 45.7 Å². The molecule has 0 nitrogen and oxygen atoms in total. The van der Waals surface area contributed by atoms with Crippen molar-refractivity contribution in [3.05, 3.63) is 0 Å². The lowest BCUT2D eigenvalue weighted by Gasteiger charge is -2.01. The molecule has 0 amide bonds. The van der Waals surface area contributed by atoms with Crippen molar-refractivity contribution >= 4 is 0 Å². The molecule has 0 N–H and O–H groups in total. The zero-order valence-electron chi connectivity index (χ0n) is 4.50. The third-order valence-corrected chi connectivity index (χ3v) is 1.53. The van der Waals surface area contributed by atoms with Gasteiger partial charge in [-0.25, -0.2) is 0 Å². The van der Waals surface area contributed by atoms with Gasteiger partial charge in [-0.15, -0.1) is 0 Å². The molecule has 3 heteroatoms. The van der Waals surface area contributed by atoms with Crippen LogP contribution in [-0.2, 0) is 0 Å². The highest BCUT2D eigenvalue weighted by Gasteiger charge is 2.52. The van der Waals surface area contributed by atoms with Crippen LogP contribution in [-0.4, -0.2) is 6.18 Å². The molecular weight excluding hydrogens is 117 g/mol. The zero-order valence-corrected chi connectivity index (χ0v) is 4.50. The van der Waals surface area contributed by atoms with Crippen LogP contribution < -0.4 is 0 Å². The molecule has 8 heavy (non-hydrogen) atoms. The van der Waals surface area contributed by atoms with Gasteiger partial charge in [-0.2, -0.15) is 13.2 Å². The van der Waals surface area contributed by atoms with Gasteiger partial charge in [0, 0.05) is 0 Å². The standard InChI is InChI=1S/C5H7F3/c1-3-2-4(3)5(6,7)8/h3-4H,2H2,1H3/t3-,4+/m0/s1. The Hall–Kier alpha value is -0.210. The van der Waals surface area contributed by atoms with Gasteiger partial charge in [-0.1, -0.05) is 6.92 Å². The van der Waals surface area contributed by atoms with Gasteiger partial charge in [0.2, 0.25) is 0 Å².